The van der Waals surface area contributed by atoms with Gasteiger partial charge in [0.1, 0.15) is 5.75 Å². The summed E-state index contributed by atoms with van der Waals surface area (Å²) in [4.78, 5) is 0. The van der Waals surface area contributed by atoms with E-state index in [1.165, 1.54) is 18.9 Å². The third-order valence-electron chi connectivity index (χ3n) is 3.05. The molecule has 0 aromatic heterocycles. The lowest BCUT2D eigenvalue weighted by Gasteiger charge is -2.23. The Kier molecular flexibility index (Phi) is 4.75. The van der Waals surface area contributed by atoms with E-state index in [-0.39, 0.29) is 5.75 Å². The predicted molar refractivity (Wildman–Crippen MR) is 67.2 cm³/mol. The first-order valence-corrected chi connectivity index (χ1v) is 6.23. The average Bonchev–Trinajstić information content (AvgIpc) is 2.37. The van der Waals surface area contributed by atoms with Crippen LogP contribution in [-0.2, 0) is 0 Å². The normalized spacial score (nSPS) is 19.8. The first kappa shape index (κ1) is 13.1. The maximum absolute atomic E-state index is 12.1. The van der Waals surface area contributed by atoms with E-state index < -0.39 is 6.61 Å². The summed E-state index contributed by atoms with van der Waals surface area (Å²) in [5.74, 6) is 0.787. The highest BCUT2D eigenvalue weighted by Crippen LogP contribution is 2.20. The lowest BCUT2D eigenvalue weighted by atomic mass is 10.00. The van der Waals surface area contributed by atoms with E-state index in [2.05, 4.69) is 15.4 Å². The Hall–Kier alpha value is -1.36. The lowest BCUT2D eigenvalue weighted by Crippen LogP contribution is -2.33. The molecule has 1 aromatic rings. The van der Waals surface area contributed by atoms with Gasteiger partial charge in [-0.1, -0.05) is 6.07 Å². The van der Waals surface area contributed by atoms with Crippen molar-refractivity contribution >= 4 is 5.69 Å². The largest absolute Gasteiger partial charge is 0.435 e. The minimum absolute atomic E-state index is 0.191. The van der Waals surface area contributed by atoms with Gasteiger partial charge in [0.2, 0.25) is 0 Å². The molecule has 3 nitrogen and oxygen atoms in total. The maximum Gasteiger partial charge on any atom is 0.387 e. The number of hydrogen-bond acceptors (Lipinski definition) is 3. The van der Waals surface area contributed by atoms with Crippen molar-refractivity contribution in [1.29, 1.82) is 0 Å². The molecule has 1 saturated heterocycles. The summed E-state index contributed by atoms with van der Waals surface area (Å²) in [5, 5.41) is 6.61. The van der Waals surface area contributed by atoms with Gasteiger partial charge in [-0.25, -0.2) is 0 Å². The van der Waals surface area contributed by atoms with Gasteiger partial charge in [0.05, 0.1) is 0 Å². The molecule has 1 aliphatic heterocycles. The van der Waals surface area contributed by atoms with E-state index in [0.717, 1.165) is 25.3 Å². The first-order valence-electron chi connectivity index (χ1n) is 6.23. The van der Waals surface area contributed by atoms with E-state index >= 15 is 0 Å². The van der Waals surface area contributed by atoms with Gasteiger partial charge in [0, 0.05) is 18.3 Å². The minimum Gasteiger partial charge on any atom is -0.435 e. The Balaban J connectivity index is 1.84. The third-order valence-corrected chi connectivity index (χ3v) is 3.05. The van der Waals surface area contributed by atoms with Crippen molar-refractivity contribution in [2.24, 2.45) is 5.92 Å². The Bertz CT molecular complexity index is 368. The number of nitrogens with one attached hydrogen (secondary N) is 2. The van der Waals surface area contributed by atoms with Crippen molar-refractivity contribution in [1.82, 2.24) is 5.32 Å². The summed E-state index contributed by atoms with van der Waals surface area (Å²) < 4.78 is 28.5. The number of ether oxygens (including phenoxy) is 1. The predicted octanol–water partition coefficient (Wildman–Crippen LogP) is 2.70. The smallest absolute Gasteiger partial charge is 0.387 e. The van der Waals surface area contributed by atoms with Crippen molar-refractivity contribution in [2.45, 2.75) is 19.5 Å². The quantitative estimate of drug-likeness (QED) is 0.849. The number of halogens is 2. The van der Waals surface area contributed by atoms with Crippen molar-refractivity contribution in [3.05, 3.63) is 24.3 Å². The molecule has 2 N–H and O–H groups in total. The lowest BCUT2D eigenvalue weighted by molar-refractivity contribution is -0.0498. The molecule has 0 amide bonds. The molecule has 1 atom stereocenters. The molecular formula is C13H18F2N2O. The van der Waals surface area contributed by atoms with Gasteiger partial charge in [-0.3, -0.25) is 0 Å². The zero-order valence-electron chi connectivity index (χ0n) is 10.2. The standard InChI is InChI=1S/C13H18F2N2O/c14-13(15)18-12-5-1-4-11(7-12)17-9-10-3-2-6-16-8-10/h1,4-5,7,10,13,16-17H,2-3,6,8-9H2. The molecule has 1 heterocycles. The molecule has 0 spiro atoms. The van der Waals surface area contributed by atoms with Crippen molar-refractivity contribution in [3.8, 4) is 5.75 Å². The van der Waals surface area contributed by atoms with Crippen LogP contribution in [0.4, 0.5) is 14.5 Å². The van der Waals surface area contributed by atoms with Crippen LogP contribution in [0.25, 0.3) is 0 Å². The zero-order chi connectivity index (χ0) is 12.8. The fourth-order valence-electron chi connectivity index (χ4n) is 2.14. The Labute approximate surface area is 106 Å². The summed E-state index contributed by atoms with van der Waals surface area (Å²) in [5.41, 5.74) is 0.818. The highest BCUT2D eigenvalue weighted by Gasteiger charge is 2.12. The van der Waals surface area contributed by atoms with E-state index in [1.54, 1.807) is 12.1 Å². The number of anilines is 1. The van der Waals surface area contributed by atoms with Crippen LogP contribution in [0.2, 0.25) is 0 Å². The summed E-state index contributed by atoms with van der Waals surface area (Å²) in [6.07, 6.45) is 2.40. The molecule has 0 bridgehead atoms. The Morgan fingerprint density at radius 2 is 2.33 bits per heavy atom. The Morgan fingerprint density at radius 1 is 1.44 bits per heavy atom. The second-order valence-electron chi connectivity index (χ2n) is 4.50. The van der Waals surface area contributed by atoms with Crippen LogP contribution in [0.3, 0.4) is 0 Å². The molecule has 1 aromatic carbocycles. The molecule has 0 saturated carbocycles. The summed E-state index contributed by atoms with van der Waals surface area (Å²) in [7, 11) is 0. The molecule has 0 radical (unpaired) electrons. The molecule has 2 rings (SSSR count). The second kappa shape index (κ2) is 6.54. The number of rotatable bonds is 5. The highest BCUT2D eigenvalue weighted by molar-refractivity contribution is 5.48. The molecule has 1 fully saturated rings. The Morgan fingerprint density at radius 3 is 3.06 bits per heavy atom. The molecular weight excluding hydrogens is 238 g/mol. The summed E-state index contributed by atoms with van der Waals surface area (Å²) >= 11 is 0. The molecule has 5 heteroatoms. The van der Waals surface area contributed by atoms with Gasteiger partial charge in [0.15, 0.2) is 0 Å². The van der Waals surface area contributed by atoms with E-state index in [4.69, 9.17) is 0 Å². The van der Waals surface area contributed by atoms with Crippen molar-refractivity contribution in [2.75, 3.05) is 25.0 Å². The van der Waals surface area contributed by atoms with Crippen LogP contribution >= 0.6 is 0 Å². The summed E-state index contributed by atoms with van der Waals surface area (Å²) in [6.45, 7) is 0.183. The van der Waals surface area contributed by atoms with Crippen LogP contribution in [0, 0.1) is 5.92 Å². The molecule has 1 aliphatic rings. The maximum atomic E-state index is 12.1. The van der Waals surface area contributed by atoms with E-state index in [0.29, 0.717) is 5.92 Å². The van der Waals surface area contributed by atoms with E-state index in [9.17, 15) is 8.78 Å². The van der Waals surface area contributed by atoms with Gasteiger partial charge < -0.3 is 15.4 Å². The van der Waals surface area contributed by atoms with Crippen molar-refractivity contribution < 1.29 is 13.5 Å². The van der Waals surface area contributed by atoms with Gasteiger partial charge in [0.25, 0.3) is 0 Å². The number of alkyl halides is 2. The van der Waals surface area contributed by atoms with Crippen LogP contribution < -0.4 is 15.4 Å². The molecule has 18 heavy (non-hydrogen) atoms. The van der Waals surface area contributed by atoms with Gasteiger partial charge in [-0.15, -0.1) is 0 Å². The molecule has 0 aliphatic carbocycles. The van der Waals surface area contributed by atoms with Gasteiger partial charge in [-0.2, -0.15) is 8.78 Å². The fourth-order valence-corrected chi connectivity index (χ4v) is 2.14. The average molecular weight is 256 g/mol. The van der Waals surface area contributed by atoms with Crippen LogP contribution in [-0.4, -0.2) is 26.2 Å². The van der Waals surface area contributed by atoms with Gasteiger partial charge in [-0.05, 0) is 44.0 Å². The third kappa shape index (κ3) is 4.14. The topological polar surface area (TPSA) is 33.3 Å². The monoisotopic (exact) mass is 256 g/mol. The van der Waals surface area contributed by atoms with Crippen molar-refractivity contribution in [3.63, 3.8) is 0 Å². The first-order chi connectivity index (χ1) is 8.74. The van der Waals surface area contributed by atoms with Crippen LogP contribution in [0.5, 0.6) is 5.75 Å². The number of hydrogen-bond donors (Lipinski definition) is 2. The SMILES string of the molecule is FC(F)Oc1cccc(NCC2CCCNC2)c1. The minimum atomic E-state index is -2.78. The highest BCUT2D eigenvalue weighted by atomic mass is 19.3. The molecule has 1 unspecified atom stereocenters. The second-order valence-corrected chi connectivity index (χ2v) is 4.50. The van der Waals surface area contributed by atoms with Crippen LogP contribution in [0.15, 0.2) is 24.3 Å². The van der Waals surface area contributed by atoms with Gasteiger partial charge >= 0.3 is 6.61 Å². The zero-order valence-corrected chi connectivity index (χ0v) is 10.2. The number of benzene rings is 1. The fraction of sp³-hybridized carbons (Fsp3) is 0.538. The number of piperidine rings is 1. The summed E-state index contributed by atoms with van der Waals surface area (Å²) in [6, 6.07) is 6.69. The van der Waals surface area contributed by atoms with E-state index in [1.807, 2.05) is 6.07 Å². The molecule has 100 valence electrons. The van der Waals surface area contributed by atoms with Crippen LogP contribution in [0.1, 0.15) is 12.8 Å².